The highest BCUT2D eigenvalue weighted by atomic mass is 16.1. The molecule has 1 saturated heterocycles. The molecule has 1 rings (SSSR count). The van der Waals surface area contributed by atoms with Crippen molar-refractivity contribution in [2.45, 2.75) is 65.3 Å². The smallest absolute Gasteiger partial charge is 0.220 e. The first-order chi connectivity index (χ1) is 7.97. The van der Waals surface area contributed by atoms with Crippen molar-refractivity contribution in [1.29, 1.82) is 0 Å². The van der Waals surface area contributed by atoms with Gasteiger partial charge in [-0.15, -0.1) is 0 Å². The maximum atomic E-state index is 11.6. The molecule has 3 nitrogen and oxygen atoms in total. The van der Waals surface area contributed by atoms with Crippen molar-refractivity contribution in [2.24, 2.45) is 5.41 Å². The average molecular weight is 240 g/mol. The quantitative estimate of drug-likeness (QED) is 0.775. The number of amides is 1. The van der Waals surface area contributed by atoms with E-state index in [0.29, 0.717) is 17.9 Å². The zero-order valence-corrected chi connectivity index (χ0v) is 11.6. The second kappa shape index (κ2) is 7.00. The van der Waals surface area contributed by atoms with Crippen LogP contribution in [0.2, 0.25) is 0 Å². The summed E-state index contributed by atoms with van der Waals surface area (Å²) in [6.07, 6.45) is 6.52. The summed E-state index contributed by atoms with van der Waals surface area (Å²) in [4.78, 5) is 11.6. The van der Waals surface area contributed by atoms with Crippen molar-refractivity contribution >= 4 is 5.91 Å². The molecule has 1 unspecified atom stereocenters. The van der Waals surface area contributed by atoms with Crippen LogP contribution >= 0.6 is 0 Å². The highest BCUT2D eigenvalue weighted by Gasteiger charge is 2.14. The van der Waals surface area contributed by atoms with Gasteiger partial charge in [0.15, 0.2) is 0 Å². The van der Waals surface area contributed by atoms with Gasteiger partial charge in [0, 0.05) is 19.0 Å². The largest absolute Gasteiger partial charge is 0.356 e. The Morgan fingerprint density at radius 2 is 2.12 bits per heavy atom. The van der Waals surface area contributed by atoms with E-state index in [1.165, 1.54) is 19.3 Å². The van der Waals surface area contributed by atoms with Crippen LogP contribution in [0.4, 0.5) is 0 Å². The average Bonchev–Trinajstić information content (AvgIpc) is 2.26. The van der Waals surface area contributed by atoms with Crippen molar-refractivity contribution in [3.63, 3.8) is 0 Å². The Balaban J connectivity index is 2.04. The van der Waals surface area contributed by atoms with Crippen LogP contribution in [0.1, 0.15) is 59.3 Å². The first-order valence-corrected chi connectivity index (χ1v) is 6.97. The molecule has 3 heteroatoms. The molecular formula is C14H28N2O. The van der Waals surface area contributed by atoms with E-state index in [2.05, 4.69) is 31.4 Å². The molecule has 1 atom stereocenters. The van der Waals surface area contributed by atoms with Crippen LogP contribution in [0.25, 0.3) is 0 Å². The molecule has 17 heavy (non-hydrogen) atoms. The molecule has 100 valence electrons. The van der Waals surface area contributed by atoms with E-state index in [9.17, 15) is 4.79 Å². The highest BCUT2D eigenvalue weighted by Crippen LogP contribution is 2.17. The molecule has 0 radical (unpaired) electrons. The van der Waals surface area contributed by atoms with Crippen LogP contribution in [0.15, 0.2) is 0 Å². The predicted molar refractivity (Wildman–Crippen MR) is 72.0 cm³/mol. The van der Waals surface area contributed by atoms with E-state index in [-0.39, 0.29) is 5.91 Å². The Hall–Kier alpha value is -0.570. The number of carbonyl (C=O) groups is 1. The summed E-state index contributed by atoms with van der Waals surface area (Å²) in [7, 11) is 0. The third-order valence-electron chi connectivity index (χ3n) is 3.33. The molecule has 1 amide bonds. The Bertz CT molecular complexity index is 227. The van der Waals surface area contributed by atoms with E-state index in [0.717, 1.165) is 25.9 Å². The van der Waals surface area contributed by atoms with Gasteiger partial charge in [-0.25, -0.2) is 0 Å². The molecule has 2 N–H and O–H groups in total. The minimum Gasteiger partial charge on any atom is -0.356 e. The lowest BCUT2D eigenvalue weighted by Crippen LogP contribution is -2.35. The second-order valence-corrected chi connectivity index (χ2v) is 6.35. The van der Waals surface area contributed by atoms with Gasteiger partial charge in [0.1, 0.15) is 0 Å². The number of hydrogen-bond acceptors (Lipinski definition) is 2. The topological polar surface area (TPSA) is 41.1 Å². The Kier molecular flexibility index (Phi) is 5.96. The third kappa shape index (κ3) is 7.37. The third-order valence-corrected chi connectivity index (χ3v) is 3.33. The van der Waals surface area contributed by atoms with Gasteiger partial charge < -0.3 is 10.6 Å². The van der Waals surface area contributed by atoms with Crippen molar-refractivity contribution in [2.75, 3.05) is 13.1 Å². The highest BCUT2D eigenvalue weighted by molar-refractivity contribution is 5.75. The lowest BCUT2D eigenvalue weighted by Gasteiger charge is -2.23. The van der Waals surface area contributed by atoms with Crippen LogP contribution in [0.5, 0.6) is 0 Å². The minimum absolute atomic E-state index is 0.210. The predicted octanol–water partition coefficient (Wildman–Crippen LogP) is 2.46. The van der Waals surface area contributed by atoms with E-state index in [4.69, 9.17) is 0 Å². The molecule has 0 spiro atoms. The maximum Gasteiger partial charge on any atom is 0.220 e. The summed E-state index contributed by atoms with van der Waals surface area (Å²) in [5.41, 5.74) is 0.304. The SMILES string of the molecule is CC(C)(C)CCNC(=O)CCC1CCCCN1. The summed E-state index contributed by atoms with van der Waals surface area (Å²) in [5.74, 6) is 0.210. The fraction of sp³-hybridized carbons (Fsp3) is 0.929. The first kappa shape index (κ1) is 14.5. The molecule has 0 saturated carbocycles. The standard InChI is InChI=1S/C14H28N2O/c1-14(2,3)9-11-16-13(17)8-7-12-6-4-5-10-15-12/h12,15H,4-11H2,1-3H3,(H,16,17). The van der Waals surface area contributed by atoms with Crippen LogP contribution in [-0.4, -0.2) is 25.0 Å². The summed E-state index contributed by atoms with van der Waals surface area (Å²) < 4.78 is 0. The molecule has 0 aliphatic carbocycles. The van der Waals surface area contributed by atoms with Crippen LogP contribution < -0.4 is 10.6 Å². The second-order valence-electron chi connectivity index (χ2n) is 6.35. The molecule has 1 aliphatic heterocycles. The summed E-state index contributed by atoms with van der Waals surface area (Å²) in [6.45, 7) is 8.53. The summed E-state index contributed by atoms with van der Waals surface area (Å²) >= 11 is 0. The minimum atomic E-state index is 0.210. The number of piperidine rings is 1. The van der Waals surface area contributed by atoms with Crippen molar-refractivity contribution in [3.05, 3.63) is 0 Å². The Morgan fingerprint density at radius 3 is 2.71 bits per heavy atom. The van der Waals surface area contributed by atoms with Crippen LogP contribution in [0.3, 0.4) is 0 Å². The van der Waals surface area contributed by atoms with Gasteiger partial charge in [0.25, 0.3) is 0 Å². The number of nitrogens with one attached hydrogen (secondary N) is 2. The van der Waals surface area contributed by atoms with E-state index in [1.54, 1.807) is 0 Å². The monoisotopic (exact) mass is 240 g/mol. The van der Waals surface area contributed by atoms with Gasteiger partial charge in [-0.05, 0) is 37.6 Å². The lowest BCUT2D eigenvalue weighted by molar-refractivity contribution is -0.121. The molecule has 0 aromatic heterocycles. The van der Waals surface area contributed by atoms with Crippen molar-refractivity contribution in [1.82, 2.24) is 10.6 Å². The van der Waals surface area contributed by atoms with Crippen molar-refractivity contribution in [3.8, 4) is 0 Å². The van der Waals surface area contributed by atoms with Gasteiger partial charge in [0.2, 0.25) is 5.91 Å². The Morgan fingerprint density at radius 1 is 1.35 bits per heavy atom. The number of carbonyl (C=O) groups excluding carboxylic acids is 1. The molecule has 1 aliphatic rings. The number of hydrogen-bond donors (Lipinski definition) is 2. The van der Waals surface area contributed by atoms with E-state index >= 15 is 0 Å². The normalized spacial score (nSPS) is 21.2. The molecule has 1 heterocycles. The van der Waals surface area contributed by atoms with Gasteiger partial charge in [-0.1, -0.05) is 27.2 Å². The van der Waals surface area contributed by atoms with E-state index in [1.807, 2.05) is 0 Å². The fourth-order valence-electron chi connectivity index (χ4n) is 2.14. The van der Waals surface area contributed by atoms with Gasteiger partial charge in [0.05, 0.1) is 0 Å². The van der Waals surface area contributed by atoms with Gasteiger partial charge >= 0.3 is 0 Å². The van der Waals surface area contributed by atoms with Gasteiger partial charge in [-0.2, -0.15) is 0 Å². The summed E-state index contributed by atoms with van der Waals surface area (Å²) in [6, 6.07) is 0.567. The zero-order chi connectivity index (χ0) is 12.7. The molecule has 1 fully saturated rings. The molecule has 0 aromatic carbocycles. The number of rotatable bonds is 5. The first-order valence-electron chi connectivity index (χ1n) is 6.97. The van der Waals surface area contributed by atoms with E-state index < -0.39 is 0 Å². The zero-order valence-electron chi connectivity index (χ0n) is 11.6. The van der Waals surface area contributed by atoms with Crippen LogP contribution in [0, 0.1) is 5.41 Å². The lowest BCUT2D eigenvalue weighted by atomic mass is 9.92. The summed E-state index contributed by atoms with van der Waals surface area (Å²) in [5, 5.41) is 6.49. The van der Waals surface area contributed by atoms with Crippen LogP contribution in [-0.2, 0) is 4.79 Å². The molecule has 0 aromatic rings. The Labute approximate surface area is 106 Å². The molecule has 0 bridgehead atoms. The maximum absolute atomic E-state index is 11.6. The molecular weight excluding hydrogens is 212 g/mol. The van der Waals surface area contributed by atoms with Crippen molar-refractivity contribution < 1.29 is 4.79 Å². The fourth-order valence-corrected chi connectivity index (χ4v) is 2.14. The van der Waals surface area contributed by atoms with Gasteiger partial charge in [-0.3, -0.25) is 4.79 Å².